The lowest BCUT2D eigenvalue weighted by molar-refractivity contribution is -0.132. The first-order valence-corrected chi connectivity index (χ1v) is 5.49. The first-order chi connectivity index (χ1) is 6.77. The van der Waals surface area contributed by atoms with Crippen molar-refractivity contribution in [3.63, 3.8) is 0 Å². The molecule has 1 rings (SSSR count). The van der Waals surface area contributed by atoms with E-state index in [2.05, 4.69) is 11.8 Å². The van der Waals surface area contributed by atoms with Crippen molar-refractivity contribution in [1.29, 1.82) is 0 Å². The molecule has 1 aliphatic heterocycles. The van der Waals surface area contributed by atoms with Crippen LogP contribution in [0.4, 0.5) is 0 Å². The minimum Gasteiger partial charge on any atom is -0.303 e. The molecule has 0 amide bonds. The topological polar surface area (TPSA) is 37.4 Å². The highest BCUT2D eigenvalue weighted by Gasteiger charge is 2.26. The van der Waals surface area contributed by atoms with Crippen LogP contribution in [0.3, 0.4) is 0 Å². The lowest BCUT2D eigenvalue weighted by atomic mass is 10.1. The maximum Gasteiger partial charge on any atom is 0.199 e. The number of ketones is 1. The molecule has 3 heteroatoms. The Morgan fingerprint density at radius 2 is 2.29 bits per heavy atom. The van der Waals surface area contributed by atoms with Crippen molar-refractivity contribution in [2.75, 3.05) is 19.6 Å². The molecule has 1 fully saturated rings. The third-order valence-electron chi connectivity index (χ3n) is 2.87. The Bertz CT molecular complexity index is 203. The number of Topliss-reactive ketones (excluding diaryl/α,β-unsaturated/α-hetero) is 1. The smallest absolute Gasteiger partial charge is 0.199 e. The summed E-state index contributed by atoms with van der Waals surface area (Å²) in [6, 6.07) is 0. The molecule has 14 heavy (non-hydrogen) atoms. The molecule has 80 valence electrons. The molecule has 1 saturated heterocycles. The summed E-state index contributed by atoms with van der Waals surface area (Å²) in [7, 11) is 0. The van der Waals surface area contributed by atoms with Crippen LogP contribution in [-0.2, 0) is 9.59 Å². The Kier molecular flexibility index (Phi) is 4.80. The number of aldehydes is 1. The van der Waals surface area contributed by atoms with Crippen molar-refractivity contribution in [3.05, 3.63) is 0 Å². The van der Waals surface area contributed by atoms with E-state index in [1.54, 1.807) is 0 Å². The summed E-state index contributed by atoms with van der Waals surface area (Å²) in [6.07, 6.45) is 5.02. The normalized spacial score (nSPS) is 22.5. The molecule has 0 aromatic carbocycles. The first-order valence-electron chi connectivity index (χ1n) is 5.49. The van der Waals surface area contributed by atoms with E-state index in [0.29, 0.717) is 6.29 Å². The molecule has 0 bridgehead atoms. The average Bonchev–Trinajstić information content (AvgIpc) is 2.66. The Labute approximate surface area is 85.5 Å². The lowest BCUT2D eigenvalue weighted by Crippen LogP contribution is -2.24. The van der Waals surface area contributed by atoms with E-state index in [1.807, 2.05) is 0 Å². The second-order valence-electron chi connectivity index (χ2n) is 4.01. The van der Waals surface area contributed by atoms with Gasteiger partial charge in [-0.05, 0) is 25.9 Å². The van der Waals surface area contributed by atoms with Crippen LogP contribution in [0.5, 0.6) is 0 Å². The molecule has 1 unspecified atom stereocenters. The van der Waals surface area contributed by atoms with Gasteiger partial charge in [0.15, 0.2) is 12.1 Å². The van der Waals surface area contributed by atoms with E-state index in [0.717, 1.165) is 26.1 Å². The molecule has 1 aliphatic rings. The summed E-state index contributed by atoms with van der Waals surface area (Å²) in [5.74, 6) is -0.239. The van der Waals surface area contributed by atoms with Gasteiger partial charge < -0.3 is 4.90 Å². The fourth-order valence-corrected chi connectivity index (χ4v) is 1.95. The third kappa shape index (κ3) is 3.22. The maximum atomic E-state index is 11.1. The van der Waals surface area contributed by atoms with Crippen LogP contribution < -0.4 is 0 Å². The van der Waals surface area contributed by atoms with E-state index >= 15 is 0 Å². The maximum absolute atomic E-state index is 11.1. The highest BCUT2D eigenvalue weighted by atomic mass is 16.2. The Morgan fingerprint density at radius 3 is 2.93 bits per heavy atom. The molecular formula is C11H19NO2. The number of rotatable bonds is 6. The fourth-order valence-electron chi connectivity index (χ4n) is 1.95. The molecule has 0 aliphatic carbocycles. The minimum absolute atomic E-state index is 0.0193. The zero-order valence-electron chi connectivity index (χ0n) is 8.87. The zero-order chi connectivity index (χ0) is 10.4. The summed E-state index contributed by atoms with van der Waals surface area (Å²) >= 11 is 0. The molecule has 0 N–H and O–H groups in total. The predicted octanol–water partition coefficient (Wildman–Crippen LogP) is 1.27. The molecular weight excluding hydrogens is 178 g/mol. The van der Waals surface area contributed by atoms with Gasteiger partial charge in [0.2, 0.25) is 0 Å². The predicted molar refractivity (Wildman–Crippen MR) is 55.1 cm³/mol. The molecule has 3 nitrogen and oxygen atoms in total. The van der Waals surface area contributed by atoms with Gasteiger partial charge >= 0.3 is 0 Å². The van der Waals surface area contributed by atoms with E-state index in [9.17, 15) is 9.59 Å². The second-order valence-corrected chi connectivity index (χ2v) is 4.01. The molecule has 0 saturated carbocycles. The van der Waals surface area contributed by atoms with Gasteiger partial charge in [-0.15, -0.1) is 0 Å². The first kappa shape index (κ1) is 11.4. The molecule has 0 aromatic rings. The van der Waals surface area contributed by atoms with Crippen LogP contribution >= 0.6 is 0 Å². The number of unbranched alkanes of at least 4 members (excludes halogenated alkanes) is 2. The van der Waals surface area contributed by atoms with Gasteiger partial charge in [-0.25, -0.2) is 0 Å². The van der Waals surface area contributed by atoms with Gasteiger partial charge in [-0.3, -0.25) is 9.59 Å². The van der Waals surface area contributed by atoms with Crippen LogP contribution in [-0.4, -0.2) is 36.6 Å². The Balaban J connectivity index is 2.20. The number of carbonyl (C=O) groups excluding carboxylic acids is 2. The van der Waals surface area contributed by atoms with Gasteiger partial charge in [0.05, 0.1) is 0 Å². The van der Waals surface area contributed by atoms with Crippen molar-refractivity contribution >= 4 is 12.1 Å². The quantitative estimate of drug-likeness (QED) is 0.365. The van der Waals surface area contributed by atoms with Gasteiger partial charge in [-0.2, -0.15) is 0 Å². The largest absolute Gasteiger partial charge is 0.303 e. The highest BCUT2D eigenvalue weighted by Crippen LogP contribution is 2.16. The molecule has 1 heterocycles. The fraction of sp³-hybridized carbons (Fsp3) is 0.818. The SMILES string of the molecule is CCCCCN1CCC(C(=O)C=O)C1. The van der Waals surface area contributed by atoms with Crippen molar-refractivity contribution in [2.45, 2.75) is 32.6 Å². The number of nitrogens with zero attached hydrogens (tertiary/aromatic N) is 1. The van der Waals surface area contributed by atoms with Gasteiger partial charge in [0.1, 0.15) is 0 Å². The average molecular weight is 197 g/mol. The summed E-state index contributed by atoms with van der Waals surface area (Å²) in [6.45, 7) is 5.04. The van der Waals surface area contributed by atoms with Gasteiger partial charge in [-0.1, -0.05) is 19.8 Å². The summed E-state index contributed by atoms with van der Waals surface area (Å²) in [5, 5.41) is 0. The van der Waals surface area contributed by atoms with E-state index in [4.69, 9.17) is 0 Å². The molecule has 1 atom stereocenters. The zero-order valence-corrected chi connectivity index (χ0v) is 8.87. The summed E-state index contributed by atoms with van der Waals surface area (Å²) < 4.78 is 0. The summed E-state index contributed by atoms with van der Waals surface area (Å²) in [4.78, 5) is 23.7. The monoisotopic (exact) mass is 197 g/mol. The number of carbonyl (C=O) groups is 2. The highest BCUT2D eigenvalue weighted by molar-refractivity contribution is 6.26. The second kappa shape index (κ2) is 5.91. The Morgan fingerprint density at radius 1 is 1.50 bits per heavy atom. The third-order valence-corrected chi connectivity index (χ3v) is 2.87. The number of hydrogen-bond donors (Lipinski definition) is 0. The number of hydrogen-bond acceptors (Lipinski definition) is 3. The van der Waals surface area contributed by atoms with Crippen molar-refractivity contribution in [1.82, 2.24) is 4.90 Å². The molecule has 0 radical (unpaired) electrons. The van der Waals surface area contributed by atoms with Crippen molar-refractivity contribution < 1.29 is 9.59 Å². The van der Waals surface area contributed by atoms with Gasteiger partial charge in [0, 0.05) is 12.5 Å². The van der Waals surface area contributed by atoms with E-state index < -0.39 is 0 Å². The molecule has 0 spiro atoms. The van der Waals surface area contributed by atoms with Crippen LogP contribution in [0.15, 0.2) is 0 Å². The molecule has 0 aromatic heterocycles. The minimum atomic E-state index is -0.219. The lowest BCUT2D eigenvalue weighted by Gasteiger charge is -2.14. The van der Waals surface area contributed by atoms with E-state index in [-0.39, 0.29) is 11.7 Å². The van der Waals surface area contributed by atoms with Crippen LogP contribution in [0.25, 0.3) is 0 Å². The Hall–Kier alpha value is -0.700. The van der Waals surface area contributed by atoms with Crippen molar-refractivity contribution in [3.8, 4) is 0 Å². The number of likely N-dealkylation sites (tertiary alicyclic amines) is 1. The standard InChI is InChI=1S/C11H19NO2/c1-2-3-4-6-12-7-5-10(8-12)11(14)9-13/h9-10H,2-8H2,1H3. The van der Waals surface area contributed by atoms with Crippen LogP contribution in [0.2, 0.25) is 0 Å². The van der Waals surface area contributed by atoms with E-state index in [1.165, 1.54) is 19.3 Å². The van der Waals surface area contributed by atoms with Crippen LogP contribution in [0, 0.1) is 5.92 Å². The van der Waals surface area contributed by atoms with Crippen molar-refractivity contribution in [2.24, 2.45) is 5.92 Å². The van der Waals surface area contributed by atoms with Crippen LogP contribution in [0.1, 0.15) is 32.6 Å². The summed E-state index contributed by atoms with van der Waals surface area (Å²) in [5.41, 5.74) is 0. The van der Waals surface area contributed by atoms with Gasteiger partial charge in [0.25, 0.3) is 0 Å².